The first-order valence-corrected chi connectivity index (χ1v) is 53.7. The molecule has 0 amide bonds. The third kappa shape index (κ3) is 13.3. The fourth-order valence-electron chi connectivity index (χ4n) is 22.4. The van der Waals surface area contributed by atoms with Crippen LogP contribution in [0.3, 0.4) is 0 Å². The molecule has 0 radical (unpaired) electrons. The fraction of sp³-hybridized carbons (Fsp3) is 0. The van der Waals surface area contributed by atoms with E-state index >= 15 is 0 Å². The lowest BCUT2D eigenvalue weighted by molar-refractivity contribution is 0.656. The van der Waals surface area contributed by atoms with E-state index in [1.165, 1.54) is 94.0 Å². The normalized spacial score (nSPS) is 11.9. The van der Waals surface area contributed by atoms with Crippen LogP contribution in [0.2, 0.25) is 0 Å². The Kier molecular flexibility index (Phi) is 20.7. The molecule has 0 fully saturated rings. The SMILES string of the molecule is N#Cc1cc([Si](c2ccccc2)(c2ccccc2)c2cccc3c2oc2ccccc23)ccc1-n1c2ccccc2c2ccccc21.N#Cc1cc([Si](c2ccccc2)(c2ccccc2)c2cccc3c2sc2ccccc23)ccc1-n1c2ccccc2c2ccccc21.c1ccc([Si](c2ccccc2)(c2cccc(-n3c4ccccc4c4ccccc43)n2)c2cccc3c2oc2ncccc23)cc1. The molecule has 139 heavy (non-hydrogen) atoms. The van der Waals surface area contributed by atoms with Crippen LogP contribution in [0.25, 0.3) is 147 Å². The highest BCUT2D eigenvalue weighted by Crippen LogP contribution is 2.40. The molecule has 8 aromatic heterocycles. The van der Waals surface area contributed by atoms with E-state index < -0.39 is 24.2 Å². The predicted molar refractivity (Wildman–Crippen MR) is 586 cm³/mol. The minimum Gasteiger partial charge on any atom is -0.456 e. The van der Waals surface area contributed by atoms with Gasteiger partial charge in [0.2, 0.25) is 13.8 Å². The lowest BCUT2D eigenvalue weighted by Crippen LogP contribution is -2.75. The van der Waals surface area contributed by atoms with Crippen LogP contribution in [0, 0.1) is 22.7 Å². The molecular weight excluding hydrogens is 1760 g/mol. The van der Waals surface area contributed by atoms with E-state index in [1.807, 2.05) is 29.5 Å². The quantitative estimate of drug-likeness (QED) is 0.0746. The Balaban J connectivity index is 0.000000110. The summed E-state index contributed by atoms with van der Waals surface area (Å²) in [6.45, 7) is 0. The Morgan fingerprint density at radius 2 is 0.576 bits per heavy atom. The molecule has 0 atom stereocenters. The van der Waals surface area contributed by atoms with Gasteiger partial charge in [-0.2, -0.15) is 10.5 Å². The molecule has 19 aromatic carbocycles. The number of para-hydroxylation sites is 9. The van der Waals surface area contributed by atoms with Crippen molar-refractivity contribution in [2.45, 2.75) is 0 Å². The summed E-state index contributed by atoms with van der Waals surface area (Å²) in [7, 11) is -9.04. The fourth-order valence-corrected chi connectivity index (χ4v) is 38.5. The van der Waals surface area contributed by atoms with Crippen molar-refractivity contribution < 1.29 is 8.83 Å². The van der Waals surface area contributed by atoms with Gasteiger partial charge in [0.25, 0.3) is 0 Å². The third-order valence-electron chi connectivity index (χ3n) is 28.2. The maximum Gasteiger partial charge on any atom is 0.227 e. The van der Waals surface area contributed by atoms with Gasteiger partial charge in [0.05, 0.1) is 55.6 Å². The Morgan fingerprint density at radius 1 is 0.245 bits per heavy atom. The smallest absolute Gasteiger partial charge is 0.227 e. The molecular formula is C126H83N7O2SSi3. The first kappa shape index (κ1) is 83.2. The van der Waals surface area contributed by atoms with Crippen molar-refractivity contribution in [3.05, 3.63) is 515 Å². The molecule has 0 aliphatic carbocycles. The third-order valence-corrected chi connectivity index (χ3v) is 43.8. The van der Waals surface area contributed by atoms with Gasteiger partial charge in [0, 0.05) is 85.5 Å². The van der Waals surface area contributed by atoms with Gasteiger partial charge in [-0.1, -0.05) is 400 Å². The van der Waals surface area contributed by atoms with Crippen molar-refractivity contribution in [1.82, 2.24) is 23.7 Å². The number of pyridine rings is 2. The molecule has 27 aromatic rings. The van der Waals surface area contributed by atoms with E-state index in [0.29, 0.717) is 16.8 Å². The van der Waals surface area contributed by atoms with Crippen molar-refractivity contribution in [3.63, 3.8) is 0 Å². The highest BCUT2D eigenvalue weighted by atomic mass is 32.1. The maximum atomic E-state index is 10.9. The largest absolute Gasteiger partial charge is 0.456 e. The van der Waals surface area contributed by atoms with E-state index in [9.17, 15) is 10.5 Å². The molecule has 0 saturated carbocycles. The average molecular weight is 1840 g/mol. The zero-order chi connectivity index (χ0) is 92.5. The summed E-state index contributed by atoms with van der Waals surface area (Å²) < 4.78 is 22.8. The molecule has 0 saturated heterocycles. The number of benzene rings is 19. The number of nitrogens with zero attached hydrogens (tertiary/aromatic N) is 7. The first-order valence-electron chi connectivity index (χ1n) is 46.9. The molecule has 27 rings (SSSR count). The molecule has 0 bridgehead atoms. The average Bonchev–Trinajstić information content (AvgIpc) is 1.67. The Hall–Kier alpha value is -17.7. The monoisotopic (exact) mass is 1840 g/mol. The number of aromatic nitrogens is 5. The standard InChI is InChI=1S/C43H28N2OSi.C43H28N2SSi.C40H27N3OSi/c2*44-29-30-28-33(26-27-38(30)45-39-22-10-7-18-34(39)35-19-8-11-23-40(35)45)47(31-14-3-1-4-15-31,32-16-5-2-6-17-32)42-25-13-21-37-36-20-9-12-24-41(36)46-43(37)42;1-3-14-28(15-4-1)45(29-16-5-2-6-17-29,36-24-11-20-32-33-21-13-27-41-40(33)44-39(32)36)38-26-12-25-37(42-38)43-34-22-9-7-18-30(34)31-19-8-10-23-35(31)43/h2*1-28H;1-27H. The summed E-state index contributed by atoms with van der Waals surface area (Å²) in [5, 5.41) is 50.3. The zero-order valence-electron chi connectivity index (χ0n) is 75.3. The number of thiophene rings is 1. The molecule has 652 valence electrons. The van der Waals surface area contributed by atoms with Crippen LogP contribution in [0.1, 0.15) is 11.1 Å². The summed E-state index contributed by atoms with van der Waals surface area (Å²) in [4.78, 5) is 10.2. The predicted octanol–water partition coefficient (Wildman–Crippen LogP) is 23.2. The molecule has 0 unspecified atom stereocenters. The molecule has 9 nitrogen and oxygen atoms in total. The van der Waals surface area contributed by atoms with Crippen molar-refractivity contribution in [3.8, 4) is 29.3 Å². The van der Waals surface area contributed by atoms with Crippen LogP contribution in [0.15, 0.2) is 512 Å². The highest BCUT2D eigenvalue weighted by Gasteiger charge is 2.48. The van der Waals surface area contributed by atoms with E-state index in [1.54, 1.807) is 6.20 Å². The van der Waals surface area contributed by atoms with Crippen molar-refractivity contribution in [2.75, 3.05) is 0 Å². The van der Waals surface area contributed by atoms with E-state index in [0.717, 1.165) is 109 Å². The lowest BCUT2D eigenvalue weighted by Gasteiger charge is -2.35. The molecule has 0 N–H and O–H groups in total. The van der Waals surface area contributed by atoms with Gasteiger partial charge in [-0.25, -0.2) is 9.97 Å². The minimum absolute atomic E-state index is 0.634. The van der Waals surface area contributed by atoms with Gasteiger partial charge in [-0.05, 0) is 154 Å². The van der Waals surface area contributed by atoms with Gasteiger partial charge in [-0.3, -0.25) is 4.57 Å². The highest BCUT2D eigenvalue weighted by molar-refractivity contribution is 7.31. The van der Waals surface area contributed by atoms with E-state index in [4.69, 9.17) is 13.8 Å². The summed E-state index contributed by atoms with van der Waals surface area (Å²) >= 11 is 1.88. The van der Waals surface area contributed by atoms with Gasteiger partial charge in [0.15, 0.2) is 16.1 Å². The minimum atomic E-state index is -3.05. The van der Waals surface area contributed by atoms with Crippen LogP contribution < -0.4 is 62.4 Å². The second-order valence-electron chi connectivity index (χ2n) is 35.3. The van der Waals surface area contributed by atoms with Crippen LogP contribution in [0.4, 0.5) is 0 Å². The summed E-state index contributed by atoms with van der Waals surface area (Å²) in [5.41, 5.74) is 13.0. The van der Waals surface area contributed by atoms with Gasteiger partial charge < -0.3 is 18.0 Å². The Bertz CT molecular complexity index is 8880. The molecule has 0 spiro atoms. The maximum absolute atomic E-state index is 10.9. The van der Waals surface area contributed by atoms with Gasteiger partial charge >= 0.3 is 0 Å². The zero-order valence-corrected chi connectivity index (χ0v) is 79.1. The number of furan rings is 2. The van der Waals surface area contributed by atoms with E-state index in [2.05, 4.69) is 510 Å². The number of fused-ring (bicyclic) bond motifs is 18. The van der Waals surface area contributed by atoms with Gasteiger partial charge in [0.1, 0.15) is 34.7 Å². The second-order valence-corrected chi connectivity index (χ2v) is 47.6. The topological polar surface area (TPSA) is 114 Å². The number of hydrogen-bond donors (Lipinski definition) is 0. The number of hydrogen-bond acceptors (Lipinski definition) is 7. The van der Waals surface area contributed by atoms with Crippen molar-refractivity contribution >= 4 is 228 Å². The summed E-state index contributed by atoms with van der Waals surface area (Å²) in [6, 6.07) is 182. The van der Waals surface area contributed by atoms with Crippen molar-refractivity contribution in [2.24, 2.45) is 0 Å². The van der Waals surface area contributed by atoms with Crippen LogP contribution in [0.5, 0.6) is 0 Å². The summed E-state index contributed by atoms with van der Waals surface area (Å²) in [5.74, 6) is 0.895. The Morgan fingerprint density at radius 3 is 1.02 bits per heavy atom. The van der Waals surface area contributed by atoms with Crippen LogP contribution in [-0.4, -0.2) is 47.9 Å². The number of rotatable bonds is 15. The second kappa shape index (κ2) is 34.7. The molecule has 13 heteroatoms. The van der Waals surface area contributed by atoms with Crippen LogP contribution in [-0.2, 0) is 0 Å². The van der Waals surface area contributed by atoms with Crippen molar-refractivity contribution in [1.29, 1.82) is 10.5 Å². The first-order chi connectivity index (χ1) is 68.9. The molecule has 0 aliphatic heterocycles. The van der Waals surface area contributed by atoms with Gasteiger partial charge in [-0.15, -0.1) is 11.3 Å². The molecule has 8 heterocycles. The van der Waals surface area contributed by atoms with Crippen LogP contribution >= 0.6 is 11.3 Å². The summed E-state index contributed by atoms with van der Waals surface area (Å²) in [6.07, 6.45) is 1.79. The van der Waals surface area contributed by atoms with E-state index in [-0.39, 0.29) is 0 Å². The Labute approximate surface area is 808 Å². The lowest BCUT2D eigenvalue weighted by atomic mass is 10.1. The number of nitriles is 2. The molecule has 0 aliphatic rings.